The zero-order chi connectivity index (χ0) is 12.4. The molecule has 1 aliphatic heterocycles. The number of carbonyl (C=O) groups is 2. The normalized spacial score (nSPS) is 14.1. The van der Waals surface area contributed by atoms with Crippen molar-refractivity contribution in [3.05, 3.63) is 35.4 Å². The number of benzene rings is 1. The lowest BCUT2D eigenvalue weighted by Gasteiger charge is -2.16. The Morgan fingerprint density at radius 1 is 1.41 bits per heavy atom. The third kappa shape index (κ3) is 2.46. The zero-order valence-electron chi connectivity index (χ0n) is 10.1. The van der Waals surface area contributed by atoms with E-state index in [1.165, 1.54) is 0 Å². The summed E-state index contributed by atoms with van der Waals surface area (Å²) in [4.78, 5) is 25.1. The SMILES string of the molecule is CC(C)NC(=O)CN1Cc2ccccc2C1=O. The van der Waals surface area contributed by atoms with Crippen molar-refractivity contribution < 1.29 is 9.59 Å². The van der Waals surface area contributed by atoms with Gasteiger partial charge >= 0.3 is 0 Å². The summed E-state index contributed by atoms with van der Waals surface area (Å²) < 4.78 is 0. The minimum atomic E-state index is -0.110. The van der Waals surface area contributed by atoms with Gasteiger partial charge in [0.2, 0.25) is 5.91 Å². The van der Waals surface area contributed by atoms with Crippen molar-refractivity contribution >= 4 is 11.8 Å². The van der Waals surface area contributed by atoms with Gasteiger partial charge in [-0.3, -0.25) is 9.59 Å². The number of hydrogen-bond donors (Lipinski definition) is 1. The average molecular weight is 232 g/mol. The molecule has 0 saturated carbocycles. The molecule has 0 fully saturated rings. The van der Waals surface area contributed by atoms with E-state index in [0.29, 0.717) is 12.1 Å². The van der Waals surface area contributed by atoms with Crippen molar-refractivity contribution in [2.45, 2.75) is 26.4 Å². The molecular weight excluding hydrogens is 216 g/mol. The molecule has 4 heteroatoms. The fraction of sp³-hybridized carbons (Fsp3) is 0.385. The lowest BCUT2D eigenvalue weighted by Crippen LogP contribution is -2.40. The second kappa shape index (κ2) is 4.57. The molecule has 1 aromatic carbocycles. The highest BCUT2D eigenvalue weighted by Gasteiger charge is 2.28. The second-order valence-electron chi connectivity index (χ2n) is 4.54. The Morgan fingerprint density at radius 2 is 2.12 bits per heavy atom. The number of nitrogens with zero attached hydrogens (tertiary/aromatic N) is 1. The Kier molecular flexibility index (Phi) is 3.13. The van der Waals surface area contributed by atoms with Gasteiger partial charge in [0.1, 0.15) is 6.54 Å². The first kappa shape index (κ1) is 11.6. The fourth-order valence-corrected chi connectivity index (χ4v) is 1.98. The van der Waals surface area contributed by atoms with Crippen LogP contribution < -0.4 is 5.32 Å². The molecule has 1 aliphatic rings. The first-order valence-electron chi connectivity index (χ1n) is 5.74. The lowest BCUT2D eigenvalue weighted by atomic mass is 10.1. The molecule has 0 bridgehead atoms. The second-order valence-corrected chi connectivity index (χ2v) is 4.54. The number of fused-ring (bicyclic) bond motifs is 1. The van der Waals surface area contributed by atoms with E-state index in [9.17, 15) is 9.59 Å². The molecule has 0 saturated heterocycles. The standard InChI is InChI=1S/C13H16N2O2/c1-9(2)14-12(16)8-15-7-10-5-3-4-6-11(10)13(15)17/h3-6,9H,7-8H2,1-2H3,(H,14,16). The summed E-state index contributed by atoms with van der Waals surface area (Å²) >= 11 is 0. The molecule has 0 aliphatic carbocycles. The highest BCUT2D eigenvalue weighted by atomic mass is 16.2. The highest BCUT2D eigenvalue weighted by molar-refractivity contribution is 6.00. The summed E-state index contributed by atoms with van der Waals surface area (Å²) in [5.74, 6) is -0.166. The predicted octanol–water partition coefficient (Wildman–Crippen LogP) is 1.17. The third-order valence-corrected chi connectivity index (χ3v) is 2.68. The van der Waals surface area contributed by atoms with E-state index >= 15 is 0 Å². The molecule has 17 heavy (non-hydrogen) atoms. The van der Waals surface area contributed by atoms with Crippen LogP contribution in [0.25, 0.3) is 0 Å². The van der Waals surface area contributed by atoms with Crippen molar-refractivity contribution in [1.82, 2.24) is 10.2 Å². The predicted molar refractivity (Wildman–Crippen MR) is 64.5 cm³/mol. The van der Waals surface area contributed by atoms with E-state index < -0.39 is 0 Å². The largest absolute Gasteiger partial charge is 0.352 e. The van der Waals surface area contributed by atoms with E-state index in [1.807, 2.05) is 32.0 Å². The van der Waals surface area contributed by atoms with Gasteiger partial charge in [-0.05, 0) is 25.5 Å². The van der Waals surface area contributed by atoms with E-state index in [-0.39, 0.29) is 24.4 Å². The van der Waals surface area contributed by atoms with Gasteiger partial charge in [-0.1, -0.05) is 18.2 Å². The minimum Gasteiger partial charge on any atom is -0.352 e. The van der Waals surface area contributed by atoms with Crippen molar-refractivity contribution in [3.8, 4) is 0 Å². The molecule has 0 spiro atoms. The van der Waals surface area contributed by atoms with Gasteiger partial charge in [0.15, 0.2) is 0 Å². The third-order valence-electron chi connectivity index (χ3n) is 2.68. The molecule has 2 rings (SSSR count). The van der Waals surface area contributed by atoms with Gasteiger partial charge in [-0.2, -0.15) is 0 Å². The summed E-state index contributed by atoms with van der Waals surface area (Å²) in [6, 6.07) is 7.58. The topological polar surface area (TPSA) is 49.4 Å². The summed E-state index contributed by atoms with van der Waals surface area (Å²) in [6.45, 7) is 4.46. The van der Waals surface area contributed by atoms with Crippen LogP contribution in [0.4, 0.5) is 0 Å². The number of hydrogen-bond acceptors (Lipinski definition) is 2. The molecule has 4 nitrogen and oxygen atoms in total. The number of nitrogens with one attached hydrogen (secondary N) is 1. The van der Waals surface area contributed by atoms with Crippen LogP contribution in [0.2, 0.25) is 0 Å². The molecule has 0 atom stereocenters. The lowest BCUT2D eigenvalue weighted by molar-refractivity contribution is -0.122. The summed E-state index contributed by atoms with van der Waals surface area (Å²) in [6.07, 6.45) is 0. The Balaban J connectivity index is 2.03. The van der Waals surface area contributed by atoms with E-state index in [0.717, 1.165) is 5.56 Å². The van der Waals surface area contributed by atoms with Crippen LogP contribution >= 0.6 is 0 Å². The van der Waals surface area contributed by atoms with Gasteiger partial charge in [-0.25, -0.2) is 0 Å². The Hall–Kier alpha value is -1.84. The average Bonchev–Trinajstić information content (AvgIpc) is 2.55. The highest BCUT2D eigenvalue weighted by Crippen LogP contribution is 2.21. The Morgan fingerprint density at radius 3 is 2.76 bits per heavy atom. The van der Waals surface area contributed by atoms with E-state index in [2.05, 4.69) is 5.32 Å². The summed E-state index contributed by atoms with van der Waals surface area (Å²) in [5, 5.41) is 2.78. The molecule has 0 radical (unpaired) electrons. The maximum Gasteiger partial charge on any atom is 0.254 e. The number of amides is 2. The molecule has 1 N–H and O–H groups in total. The van der Waals surface area contributed by atoms with Crippen LogP contribution in [0.5, 0.6) is 0 Å². The van der Waals surface area contributed by atoms with Crippen LogP contribution in [-0.4, -0.2) is 29.3 Å². The molecule has 0 unspecified atom stereocenters. The molecule has 2 amide bonds. The number of carbonyl (C=O) groups excluding carboxylic acids is 2. The number of rotatable bonds is 3. The monoisotopic (exact) mass is 232 g/mol. The maximum atomic E-state index is 12.0. The van der Waals surface area contributed by atoms with Crippen LogP contribution in [-0.2, 0) is 11.3 Å². The van der Waals surface area contributed by atoms with E-state index in [1.54, 1.807) is 11.0 Å². The fourth-order valence-electron chi connectivity index (χ4n) is 1.98. The summed E-state index contributed by atoms with van der Waals surface area (Å²) in [7, 11) is 0. The smallest absolute Gasteiger partial charge is 0.254 e. The van der Waals surface area contributed by atoms with Gasteiger partial charge in [-0.15, -0.1) is 0 Å². The van der Waals surface area contributed by atoms with Crippen LogP contribution in [0, 0.1) is 0 Å². The summed E-state index contributed by atoms with van der Waals surface area (Å²) in [5.41, 5.74) is 1.71. The first-order valence-corrected chi connectivity index (χ1v) is 5.74. The molecule has 1 aromatic rings. The van der Waals surface area contributed by atoms with Gasteiger partial charge < -0.3 is 10.2 Å². The van der Waals surface area contributed by atoms with Crippen LogP contribution in [0.15, 0.2) is 24.3 Å². The minimum absolute atomic E-state index is 0.0560. The maximum absolute atomic E-state index is 12.0. The van der Waals surface area contributed by atoms with Gasteiger partial charge in [0.05, 0.1) is 0 Å². The molecular formula is C13H16N2O2. The van der Waals surface area contributed by atoms with E-state index in [4.69, 9.17) is 0 Å². The van der Waals surface area contributed by atoms with Gasteiger partial charge in [0.25, 0.3) is 5.91 Å². The van der Waals surface area contributed by atoms with Crippen LogP contribution in [0.1, 0.15) is 29.8 Å². The Labute approximate surface area is 101 Å². The van der Waals surface area contributed by atoms with Crippen molar-refractivity contribution in [2.75, 3.05) is 6.54 Å². The van der Waals surface area contributed by atoms with Gasteiger partial charge in [0, 0.05) is 18.2 Å². The molecule has 90 valence electrons. The quantitative estimate of drug-likeness (QED) is 0.850. The first-order chi connectivity index (χ1) is 8.08. The van der Waals surface area contributed by atoms with Crippen molar-refractivity contribution in [2.24, 2.45) is 0 Å². The van der Waals surface area contributed by atoms with Crippen molar-refractivity contribution in [3.63, 3.8) is 0 Å². The molecule has 1 heterocycles. The Bertz CT molecular complexity index is 454. The zero-order valence-corrected chi connectivity index (χ0v) is 10.1. The molecule has 0 aromatic heterocycles. The van der Waals surface area contributed by atoms with Crippen molar-refractivity contribution in [1.29, 1.82) is 0 Å². The van der Waals surface area contributed by atoms with Crippen LogP contribution in [0.3, 0.4) is 0 Å².